The zero-order valence-electron chi connectivity index (χ0n) is 14.8. The molecule has 1 aliphatic heterocycles. The fourth-order valence-corrected chi connectivity index (χ4v) is 4.16. The molecule has 0 spiro atoms. The molecule has 4 aromatic rings. The molecule has 0 saturated carbocycles. The molecule has 0 saturated heterocycles. The fourth-order valence-electron chi connectivity index (χ4n) is 3.57. The van der Waals surface area contributed by atoms with Crippen molar-refractivity contribution in [1.29, 1.82) is 0 Å². The Hall–Kier alpha value is -2.70. The van der Waals surface area contributed by atoms with Crippen molar-refractivity contribution in [3.63, 3.8) is 0 Å². The normalized spacial score (nSPS) is 15.5. The lowest BCUT2D eigenvalue weighted by Crippen LogP contribution is -2.07. The van der Waals surface area contributed by atoms with Gasteiger partial charge in [-0.2, -0.15) is 0 Å². The third-order valence-electron chi connectivity index (χ3n) is 4.79. The van der Waals surface area contributed by atoms with Crippen LogP contribution >= 0.6 is 27.5 Å². The number of hydrogen-bond acceptors (Lipinski definition) is 4. The monoisotopic (exact) mass is 452 g/mol. The molecule has 138 valence electrons. The molecule has 2 aromatic heterocycles. The summed E-state index contributed by atoms with van der Waals surface area (Å²) in [4.78, 5) is 13.7. The lowest BCUT2D eigenvalue weighted by molar-refractivity contribution is 0.568. The second-order valence-electron chi connectivity index (χ2n) is 6.51. The summed E-state index contributed by atoms with van der Waals surface area (Å²) in [7, 11) is 0. The first kappa shape index (κ1) is 17.4. The van der Waals surface area contributed by atoms with E-state index in [1.54, 1.807) is 6.20 Å². The minimum Gasteiger partial charge on any atom is -0.442 e. The van der Waals surface area contributed by atoms with Gasteiger partial charge in [0.05, 0.1) is 29.3 Å². The molecule has 28 heavy (non-hydrogen) atoms. The molecule has 0 bridgehead atoms. The van der Waals surface area contributed by atoms with Crippen LogP contribution in [0.25, 0.3) is 17.1 Å². The van der Waals surface area contributed by atoms with Gasteiger partial charge in [0.15, 0.2) is 12.2 Å². The Kier molecular flexibility index (Phi) is 4.18. The molecular formula is C21H14BrClN4O. The highest BCUT2D eigenvalue weighted by Gasteiger charge is 2.28. The quantitative estimate of drug-likeness (QED) is 0.382. The van der Waals surface area contributed by atoms with Gasteiger partial charge in [-0.25, -0.2) is 9.97 Å². The molecule has 1 atom stereocenters. The Labute approximate surface area is 174 Å². The summed E-state index contributed by atoms with van der Waals surface area (Å²) in [5.74, 6) is 0.621. The van der Waals surface area contributed by atoms with Crippen molar-refractivity contribution in [3.8, 4) is 17.1 Å². The first-order valence-corrected chi connectivity index (χ1v) is 9.89. The zero-order chi connectivity index (χ0) is 19.3. The van der Waals surface area contributed by atoms with E-state index in [1.165, 1.54) is 6.39 Å². The SMILES string of the molecule is C[C@H]1N=C(c2ccccc2Cl)c2cc(Br)ccc2-n2cnc(-c3cnco3)c21. The van der Waals surface area contributed by atoms with Gasteiger partial charge in [0, 0.05) is 20.6 Å². The van der Waals surface area contributed by atoms with E-state index >= 15 is 0 Å². The van der Waals surface area contributed by atoms with Gasteiger partial charge in [0.1, 0.15) is 12.0 Å². The van der Waals surface area contributed by atoms with Crippen LogP contribution in [0.3, 0.4) is 0 Å². The summed E-state index contributed by atoms with van der Waals surface area (Å²) >= 11 is 10.1. The second kappa shape index (κ2) is 6.72. The molecule has 0 N–H and O–H groups in total. The molecule has 3 heterocycles. The van der Waals surface area contributed by atoms with Gasteiger partial charge in [-0.3, -0.25) is 9.56 Å². The van der Waals surface area contributed by atoms with Crippen molar-refractivity contribution in [3.05, 3.63) is 87.7 Å². The van der Waals surface area contributed by atoms with Crippen molar-refractivity contribution in [2.45, 2.75) is 13.0 Å². The number of rotatable bonds is 2. The van der Waals surface area contributed by atoms with E-state index in [2.05, 4.69) is 42.6 Å². The molecule has 5 rings (SSSR count). The highest BCUT2D eigenvalue weighted by Crippen LogP contribution is 2.37. The van der Waals surface area contributed by atoms with E-state index in [0.717, 1.165) is 38.4 Å². The number of nitrogens with zero attached hydrogens (tertiary/aromatic N) is 4. The molecule has 0 unspecified atom stereocenters. The zero-order valence-corrected chi connectivity index (χ0v) is 17.1. The maximum Gasteiger partial charge on any atom is 0.181 e. The topological polar surface area (TPSA) is 56.2 Å². The summed E-state index contributed by atoms with van der Waals surface area (Å²) in [6, 6.07) is 13.7. The molecular weight excluding hydrogens is 440 g/mol. The third kappa shape index (κ3) is 2.72. The Morgan fingerprint density at radius 1 is 1.14 bits per heavy atom. The van der Waals surface area contributed by atoms with Crippen LogP contribution in [0.1, 0.15) is 29.8 Å². The number of aromatic nitrogens is 3. The summed E-state index contributed by atoms with van der Waals surface area (Å²) < 4.78 is 8.54. The molecule has 5 nitrogen and oxygen atoms in total. The minimum atomic E-state index is -0.167. The van der Waals surface area contributed by atoms with Crippen LogP contribution in [-0.2, 0) is 0 Å². The Balaban J connectivity index is 1.82. The smallest absolute Gasteiger partial charge is 0.181 e. The van der Waals surface area contributed by atoms with Crippen molar-refractivity contribution in [1.82, 2.24) is 14.5 Å². The van der Waals surface area contributed by atoms with Crippen molar-refractivity contribution in [2.75, 3.05) is 0 Å². The Bertz CT molecular complexity index is 1210. The number of hydrogen-bond donors (Lipinski definition) is 0. The van der Waals surface area contributed by atoms with Crippen LogP contribution < -0.4 is 0 Å². The highest BCUT2D eigenvalue weighted by atomic mass is 79.9. The third-order valence-corrected chi connectivity index (χ3v) is 5.61. The number of fused-ring (bicyclic) bond motifs is 3. The van der Waals surface area contributed by atoms with Crippen LogP contribution in [0.4, 0.5) is 0 Å². The molecule has 2 aromatic carbocycles. The molecule has 0 amide bonds. The van der Waals surface area contributed by atoms with Crippen molar-refractivity contribution < 1.29 is 4.42 Å². The van der Waals surface area contributed by atoms with Crippen LogP contribution in [0.15, 0.2) is 75.3 Å². The molecule has 0 fully saturated rings. The number of imidazole rings is 1. The van der Waals surface area contributed by atoms with E-state index in [-0.39, 0.29) is 6.04 Å². The first-order valence-electron chi connectivity index (χ1n) is 8.72. The van der Waals surface area contributed by atoms with Crippen molar-refractivity contribution in [2.24, 2.45) is 4.99 Å². The van der Waals surface area contributed by atoms with E-state index in [4.69, 9.17) is 21.0 Å². The summed E-state index contributed by atoms with van der Waals surface area (Å²) in [6.07, 6.45) is 4.88. The van der Waals surface area contributed by atoms with E-state index < -0.39 is 0 Å². The minimum absolute atomic E-state index is 0.167. The van der Waals surface area contributed by atoms with Gasteiger partial charge in [0.25, 0.3) is 0 Å². The van der Waals surface area contributed by atoms with Gasteiger partial charge in [-0.05, 0) is 31.2 Å². The van der Waals surface area contributed by atoms with Crippen LogP contribution in [0, 0.1) is 0 Å². The summed E-state index contributed by atoms with van der Waals surface area (Å²) in [5, 5.41) is 0.666. The van der Waals surface area contributed by atoms with Crippen LogP contribution in [0.5, 0.6) is 0 Å². The van der Waals surface area contributed by atoms with Crippen molar-refractivity contribution >= 4 is 33.2 Å². The number of benzene rings is 2. The largest absolute Gasteiger partial charge is 0.442 e. The average molecular weight is 454 g/mol. The van der Waals surface area contributed by atoms with Gasteiger partial charge in [-0.1, -0.05) is 45.7 Å². The van der Waals surface area contributed by atoms with Crippen LogP contribution in [0.2, 0.25) is 5.02 Å². The van der Waals surface area contributed by atoms with Gasteiger partial charge < -0.3 is 4.42 Å². The molecule has 7 heteroatoms. The highest BCUT2D eigenvalue weighted by molar-refractivity contribution is 9.10. The maximum atomic E-state index is 6.53. The van der Waals surface area contributed by atoms with Crippen LogP contribution in [-0.4, -0.2) is 20.2 Å². The predicted octanol–water partition coefficient (Wildman–Crippen LogP) is 5.86. The fraction of sp³-hybridized carbons (Fsp3) is 0.0952. The van der Waals surface area contributed by atoms with Gasteiger partial charge in [-0.15, -0.1) is 0 Å². The predicted molar refractivity (Wildman–Crippen MR) is 112 cm³/mol. The average Bonchev–Trinajstić information content (AvgIpc) is 3.34. The Morgan fingerprint density at radius 2 is 2.00 bits per heavy atom. The number of oxazole rings is 1. The maximum absolute atomic E-state index is 6.53. The van der Waals surface area contributed by atoms with E-state index in [1.807, 2.05) is 43.6 Å². The summed E-state index contributed by atoms with van der Waals surface area (Å²) in [6.45, 7) is 2.05. The molecule has 0 aliphatic carbocycles. The standard InChI is InChI=1S/C21H14BrClN4O/c1-12-21-20(18-9-24-11-28-18)25-10-27(21)17-7-6-13(22)8-15(17)19(26-12)14-4-2-3-5-16(14)23/h2-12H,1H3/t12-/m1/s1. The van der Waals surface area contributed by atoms with Gasteiger partial charge >= 0.3 is 0 Å². The van der Waals surface area contributed by atoms with E-state index in [0.29, 0.717) is 10.8 Å². The van der Waals surface area contributed by atoms with Gasteiger partial charge in [0.2, 0.25) is 0 Å². The second-order valence-corrected chi connectivity index (χ2v) is 7.83. The Morgan fingerprint density at radius 3 is 2.79 bits per heavy atom. The molecule has 1 aliphatic rings. The lowest BCUT2D eigenvalue weighted by atomic mass is 10.0. The number of halogens is 2. The van der Waals surface area contributed by atoms with E-state index in [9.17, 15) is 0 Å². The lowest BCUT2D eigenvalue weighted by Gasteiger charge is -2.13. The number of aliphatic imine (C=N–C) groups is 1. The molecule has 0 radical (unpaired) electrons. The summed E-state index contributed by atoms with van der Waals surface area (Å²) in [5.41, 5.74) is 5.40. The first-order chi connectivity index (χ1) is 13.6.